The molecular formula is C18H18ClN5O2. The zero-order chi connectivity index (χ0) is 18.4. The van der Waals surface area contributed by atoms with Crippen LogP contribution in [0.2, 0.25) is 5.02 Å². The number of benzene rings is 2. The van der Waals surface area contributed by atoms with Crippen LogP contribution < -0.4 is 20.1 Å². The Kier molecular flexibility index (Phi) is 5.70. The van der Waals surface area contributed by atoms with Gasteiger partial charge in [-0.25, -0.2) is 0 Å². The molecule has 0 radical (unpaired) electrons. The van der Waals surface area contributed by atoms with Gasteiger partial charge >= 0.3 is 0 Å². The number of ether oxygens (including phenoxy) is 2. The molecule has 1 aromatic heterocycles. The van der Waals surface area contributed by atoms with E-state index in [-0.39, 0.29) is 0 Å². The van der Waals surface area contributed by atoms with Crippen molar-refractivity contribution in [3.63, 3.8) is 0 Å². The highest BCUT2D eigenvalue weighted by Gasteiger charge is 2.05. The number of methoxy groups -OCH3 is 1. The molecule has 0 saturated carbocycles. The number of nitrogens with one attached hydrogen (secondary N) is 2. The molecule has 2 N–H and O–H groups in total. The minimum atomic E-state index is 0.349. The minimum absolute atomic E-state index is 0.349. The number of halogens is 1. The van der Waals surface area contributed by atoms with Crippen molar-refractivity contribution in [1.29, 1.82) is 0 Å². The van der Waals surface area contributed by atoms with Gasteiger partial charge < -0.3 is 20.1 Å². The molecule has 0 fully saturated rings. The first-order valence-electron chi connectivity index (χ1n) is 7.98. The third-order valence-corrected chi connectivity index (χ3v) is 3.70. The zero-order valence-corrected chi connectivity index (χ0v) is 15.1. The molecule has 3 rings (SSSR count). The summed E-state index contributed by atoms with van der Waals surface area (Å²) in [6.07, 6.45) is 1.54. The number of hydrogen-bond acceptors (Lipinski definition) is 7. The lowest BCUT2D eigenvalue weighted by Crippen LogP contribution is -2.02. The maximum atomic E-state index is 6.13. The summed E-state index contributed by atoms with van der Waals surface area (Å²) in [4.78, 5) is 4.39. The van der Waals surface area contributed by atoms with Crippen LogP contribution in [0.3, 0.4) is 0 Å². The summed E-state index contributed by atoms with van der Waals surface area (Å²) >= 11 is 6.13. The lowest BCUT2D eigenvalue weighted by molar-refractivity contribution is 0.340. The van der Waals surface area contributed by atoms with Gasteiger partial charge in [-0.05, 0) is 49.4 Å². The van der Waals surface area contributed by atoms with Gasteiger partial charge in [-0.1, -0.05) is 11.6 Å². The number of hydrogen-bond donors (Lipinski definition) is 2. The monoisotopic (exact) mass is 371 g/mol. The molecule has 0 aliphatic heterocycles. The van der Waals surface area contributed by atoms with Crippen molar-refractivity contribution < 1.29 is 9.47 Å². The highest BCUT2D eigenvalue weighted by molar-refractivity contribution is 6.32. The van der Waals surface area contributed by atoms with E-state index in [4.69, 9.17) is 21.1 Å². The maximum absolute atomic E-state index is 6.13. The fourth-order valence-corrected chi connectivity index (χ4v) is 2.50. The largest absolute Gasteiger partial charge is 0.495 e. The standard InChI is InChI=1S/C18H18ClN5O2/c1-3-26-14-7-4-12(5-8-14)21-17-11-20-24-18(23-17)22-13-6-9-16(25-2)15(19)10-13/h4-11H,3H2,1-2H3,(H2,21,22,23,24). The molecule has 0 bridgehead atoms. The summed E-state index contributed by atoms with van der Waals surface area (Å²) in [7, 11) is 1.57. The third kappa shape index (κ3) is 4.52. The van der Waals surface area contributed by atoms with Crippen molar-refractivity contribution in [3.05, 3.63) is 53.7 Å². The first-order chi connectivity index (χ1) is 12.7. The van der Waals surface area contributed by atoms with Gasteiger partial charge in [-0.3, -0.25) is 0 Å². The Balaban J connectivity index is 1.70. The van der Waals surface area contributed by atoms with Crippen molar-refractivity contribution in [2.75, 3.05) is 24.4 Å². The van der Waals surface area contributed by atoms with Crippen molar-refractivity contribution in [2.45, 2.75) is 6.92 Å². The fourth-order valence-electron chi connectivity index (χ4n) is 2.24. The van der Waals surface area contributed by atoms with Crippen LogP contribution in [0.4, 0.5) is 23.1 Å². The maximum Gasteiger partial charge on any atom is 0.249 e. The van der Waals surface area contributed by atoms with Gasteiger partial charge in [0.15, 0.2) is 5.82 Å². The Morgan fingerprint density at radius 2 is 1.81 bits per heavy atom. The molecule has 7 nitrogen and oxygen atoms in total. The third-order valence-electron chi connectivity index (χ3n) is 3.40. The summed E-state index contributed by atoms with van der Waals surface area (Å²) in [5, 5.41) is 14.7. The Labute approximate surface area is 156 Å². The number of anilines is 4. The Hall–Kier alpha value is -3.06. The molecule has 2 aromatic carbocycles. The first kappa shape index (κ1) is 17.8. The SMILES string of the molecule is CCOc1ccc(Nc2cnnc(Nc3ccc(OC)c(Cl)c3)n2)cc1. The molecular weight excluding hydrogens is 354 g/mol. The van der Waals surface area contributed by atoms with Gasteiger partial charge in [-0.15, -0.1) is 5.10 Å². The van der Waals surface area contributed by atoms with E-state index in [1.165, 1.54) is 0 Å². The molecule has 0 spiro atoms. The van der Waals surface area contributed by atoms with E-state index in [9.17, 15) is 0 Å². The summed E-state index contributed by atoms with van der Waals surface area (Å²) in [5.41, 5.74) is 1.60. The van der Waals surface area contributed by atoms with Crippen LogP contribution in [-0.2, 0) is 0 Å². The smallest absolute Gasteiger partial charge is 0.249 e. The quantitative estimate of drug-likeness (QED) is 0.636. The normalized spacial score (nSPS) is 10.3. The second-order valence-electron chi connectivity index (χ2n) is 5.22. The number of aromatic nitrogens is 3. The number of nitrogens with zero attached hydrogens (tertiary/aromatic N) is 3. The van der Waals surface area contributed by atoms with Crippen molar-refractivity contribution >= 4 is 34.7 Å². The zero-order valence-electron chi connectivity index (χ0n) is 14.4. The molecule has 0 atom stereocenters. The predicted molar refractivity (Wildman–Crippen MR) is 102 cm³/mol. The lowest BCUT2D eigenvalue weighted by Gasteiger charge is -2.09. The number of rotatable bonds is 7. The highest BCUT2D eigenvalue weighted by Crippen LogP contribution is 2.28. The minimum Gasteiger partial charge on any atom is -0.495 e. The average molecular weight is 372 g/mol. The summed E-state index contributed by atoms with van der Waals surface area (Å²) < 4.78 is 10.6. The van der Waals surface area contributed by atoms with E-state index < -0.39 is 0 Å². The van der Waals surface area contributed by atoms with E-state index in [1.807, 2.05) is 37.3 Å². The predicted octanol–water partition coefficient (Wildman–Crippen LogP) is 4.42. The Bertz CT molecular complexity index is 874. The van der Waals surface area contributed by atoms with Gasteiger partial charge in [0.05, 0.1) is 24.9 Å². The van der Waals surface area contributed by atoms with Crippen molar-refractivity contribution in [2.24, 2.45) is 0 Å². The van der Waals surface area contributed by atoms with Gasteiger partial charge in [0, 0.05) is 11.4 Å². The van der Waals surface area contributed by atoms with Gasteiger partial charge in [0.2, 0.25) is 5.95 Å². The summed E-state index contributed by atoms with van der Waals surface area (Å²) in [6.45, 7) is 2.58. The first-order valence-corrected chi connectivity index (χ1v) is 8.36. The lowest BCUT2D eigenvalue weighted by atomic mass is 10.3. The summed E-state index contributed by atoms with van der Waals surface area (Å²) in [5.74, 6) is 2.33. The van der Waals surface area contributed by atoms with Crippen LogP contribution in [0.15, 0.2) is 48.7 Å². The Morgan fingerprint density at radius 3 is 2.50 bits per heavy atom. The molecule has 0 amide bonds. The van der Waals surface area contributed by atoms with Crippen LogP contribution in [0, 0.1) is 0 Å². The van der Waals surface area contributed by atoms with Crippen LogP contribution in [0.1, 0.15) is 6.92 Å². The van der Waals surface area contributed by atoms with Crippen molar-refractivity contribution in [3.8, 4) is 11.5 Å². The topological polar surface area (TPSA) is 81.2 Å². The van der Waals surface area contributed by atoms with Gasteiger partial charge in [-0.2, -0.15) is 10.1 Å². The van der Waals surface area contributed by atoms with E-state index in [0.29, 0.717) is 29.1 Å². The molecule has 0 aliphatic carbocycles. The van der Waals surface area contributed by atoms with Gasteiger partial charge in [0.25, 0.3) is 0 Å². The van der Waals surface area contributed by atoms with E-state index >= 15 is 0 Å². The summed E-state index contributed by atoms with van der Waals surface area (Å²) in [6, 6.07) is 12.9. The molecule has 3 aromatic rings. The van der Waals surface area contributed by atoms with Crippen molar-refractivity contribution in [1.82, 2.24) is 15.2 Å². The van der Waals surface area contributed by atoms with Crippen LogP contribution in [0.25, 0.3) is 0 Å². The van der Waals surface area contributed by atoms with Crippen LogP contribution in [0.5, 0.6) is 11.5 Å². The molecule has 8 heteroatoms. The second kappa shape index (κ2) is 8.35. The highest BCUT2D eigenvalue weighted by atomic mass is 35.5. The molecule has 0 unspecified atom stereocenters. The second-order valence-corrected chi connectivity index (χ2v) is 5.63. The fraction of sp³-hybridized carbons (Fsp3) is 0.167. The average Bonchev–Trinajstić information content (AvgIpc) is 2.64. The van der Waals surface area contributed by atoms with E-state index in [0.717, 1.165) is 17.1 Å². The molecule has 1 heterocycles. The van der Waals surface area contributed by atoms with E-state index in [2.05, 4.69) is 25.8 Å². The molecule has 0 aliphatic rings. The molecule has 0 saturated heterocycles. The van der Waals surface area contributed by atoms with Crippen LogP contribution in [-0.4, -0.2) is 28.9 Å². The van der Waals surface area contributed by atoms with Gasteiger partial charge in [0.1, 0.15) is 11.5 Å². The van der Waals surface area contributed by atoms with E-state index in [1.54, 1.807) is 25.4 Å². The molecule has 26 heavy (non-hydrogen) atoms. The van der Waals surface area contributed by atoms with Crippen LogP contribution >= 0.6 is 11.6 Å². The Morgan fingerprint density at radius 1 is 1.04 bits per heavy atom. The molecule has 134 valence electrons.